The number of anilines is 3. The summed E-state index contributed by atoms with van der Waals surface area (Å²) in [6.45, 7) is 6.72. The molecule has 0 fully saturated rings. The van der Waals surface area contributed by atoms with Crippen molar-refractivity contribution in [1.82, 2.24) is 15.0 Å². The van der Waals surface area contributed by atoms with Crippen LogP contribution in [-0.2, 0) is 0 Å². The molecule has 0 saturated heterocycles. The lowest BCUT2D eigenvalue weighted by atomic mass is 10.1. The zero-order chi connectivity index (χ0) is 18.6. The molecular weight excluding hydrogens is 363 g/mol. The molecule has 2 aromatic rings. The number of amides is 1. The average Bonchev–Trinajstić information content (AvgIpc) is 2.52. The van der Waals surface area contributed by atoms with Gasteiger partial charge in [-0.25, -0.2) is 15.0 Å². The van der Waals surface area contributed by atoms with Crippen LogP contribution in [0.4, 0.5) is 17.3 Å². The third kappa shape index (κ3) is 5.17. The van der Waals surface area contributed by atoms with Crippen LogP contribution in [0, 0.1) is 12.8 Å². The van der Waals surface area contributed by atoms with Crippen LogP contribution in [0.3, 0.4) is 0 Å². The van der Waals surface area contributed by atoms with Gasteiger partial charge in [0.25, 0.3) is 5.91 Å². The van der Waals surface area contributed by atoms with Gasteiger partial charge in [-0.15, -0.1) is 0 Å². The number of aromatic nitrogens is 3. The van der Waals surface area contributed by atoms with Crippen LogP contribution in [-0.4, -0.2) is 27.4 Å². The first kappa shape index (κ1) is 19.2. The lowest BCUT2D eigenvalue weighted by Crippen LogP contribution is -2.19. The maximum atomic E-state index is 12.4. The van der Waals surface area contributed by atoms with E-state index in [1.54, 1.807) is 13.0 Å². The van der Waals surface area contributed by atoms with Crippen LogP contribution in [0.15, 0.2) is 12.3 Å². The summed E-state index contributed by atoms with van der Waals surface area (Å²) in [5, 5.41) is 6.19. The van der Waals surface area contributed by atoms with E-state index in [-0.39, 0.29) is 16.7 Å². The summed E-state index contributed by atoms with van der Waals surface area (Å²) in [6, 6.07) is 1.64. The van der Waals surface area contributed by atoms with Gasteiger partial charge in [-0.2, -0.15) is 0 Å². The molecule has 0 aliphatic heterocycles. The first-order valence-corrected chi connectivity index (χ1v) is 8.54. The van der Waals surface area contributed by atoms with Crippen molar-refractivity contribution in [1.29, 1.82) is 0 Å². The maximum Gasteiger partial charge on any atom is 0.278 e. The van der Waals surface area contributed by atoms with Gasteiger partial charge < -0.3 is 16.4 Å². The third-order valence-electron chi connectivity index (χ3n) is 3.44. The van der Waals surface area contributed by atoms with Crippen LogP contribution >= 0.6 is 23.2 Å². The lowest BCUT2D eigenvalue weighted by molar-refractivity contribution is 0.102. The van der Waals surface area contributed by atoms with Crippen molar-refractivity contribution in [2.75, 3.05) is 22.9 Å². The van der Waals surface area contributed by atoms with Gasteiger partial charge in [0.15, 0.2) is 22.5 Å². The molecule has 0 unspecified atom stereocenters. The summed E-state index contributed by atoms with van der Waals surface area (Å²) in [4.78, 5) is 24.6. The normalized spacial score (nSPS) is 10.8. The Labute approximate surface area is 156 Å². The van der Waals surface area contributed by atoms with Gasteiger partial charge in [0.1, 0.15) is 5.15 Å². The minimum absolute atomic E-state index is 0.00600. The van der Waals surface area contributed by atoms with Crippen molar-refractivity contribution in [2.24, 2.45) is 5.92 Å². The predicted molar refractivity (Wildman–Crippen MR) is 101 cm³/mol. The number of rotatable bonds is 6. The van der Waals surface area contributed by atoms with E-state index in [2.05, 4.69) is 39.4 Å². The Morgan fingerprint density at radius 2 is 2.04 bits per heavy atom. The number of nitrogens with two attached hydrogens (primary N) is 1. The molecule has 1 amide bonds. The van der Waals surface area contributed by atoms with Crippen LogP contribution in [0.2, 0.25) is 10.3 Å². The van der Waals surface area contributed by atoms with Gasteiger partial charge >= 0.3 is 0 Å². The summed E-state index contributed by atoms with van der Waals surface area (Å²) in [6.07, 6.45) is 2.41. The standard InChI is InChI=1S/C16H20Cl2N6O/c1-8(2)4-5-20-15-13(18)23-12(14(19)24-15)16(25)22-10-7-21-11(17)6-9(10)3/h6-8H,4-5H2,1-3H3,(H,22,25)(H3,19,20,24). The number of nitrogen functional groups attached to an aromatic ring is 1. The molecule has 0 radical (unpaired) electrons. The molecule has 0 aliphatic rings. The highest BCUT2D eigenvalue weighted by Gasteiger charge is 2.18. The number of pyridine rings is 1. The van der Waals surface area contributed by atoms with Crippen LogP contribution in [0.25, 0.3) is 0 Å². The molecule has 0 saturated carbocycles. The summed E-state index contributed by atoms with van der Waals surface area (Å²) >= 11 is 11.9. The van der Waals surface area contributed by atoms with E-state index in [1.807, 2.05) is 0 Å². The molecule has 7 nitrogen and oxygen atoms in total. The van der Waals surface area contributed by atoms with Crippen molar-refractivity contribution < 1.29 is 4.79 Å². The number of aryl methyl sites for hydroxylation is 1. The largest absolute Gasteiger partial charge is 0.382 e. The maximum absolute atomic E-state index is 12.4. The number of nitrogens with one attached hydrogen (secondary N) is 2. The van der Waals surface area contributed by atoms with Crippen LogP contribution in [0.5, 0.6) is 0 Å². The van der Waals surface area contributed by atoms with E-state index in [0.717, 1.165) is 12.0 Å². The zero-order valence-electron chi connectivity index (χ0n) is 14.2. The molecule has 2 rings (SSSR count). The van der Waals surface area contributed by atoms with Gasteiger partial charge in [0.05, 0.1) is 11.9 Å². The molecule has 0 aromatic carbocycles. The Morgan fingerprint density at radius 1 is 1.32 bits per heavy atom. The monoisotopic (exact) mass is 382 g/mol. The fraction of sp³-hybridized carbons (Fsp3) is 0.375. The predicted octanol–water partition coefficient (Wildman–Crippen LogP) is 3.78. The van der Waals surface area contributed by atoms with E-state index in [1.165, 1.54) is 6.20 Å². The van der Waals surface area contributed by atoms with Crippen molar-refractivity contribution in [2.45, 2.75) is 27.2 Å². The smallest absolute Gasteiger partial charge is 0.278 e. The summed E-state index contributed by atoms with van der Waals surface area (Å²) < 4.78 is 0. The highest BCUT2D eigenvalue weighted by molar-refractivity contribution is 6.32. The van der Waals surface area contributed by atoms with E-state index in [9.17, 15) is 4.79 Å². The Kier molecular flexibility index (Phi) is 6.39. The first-order chi connectivity index (χ1) is 11.8. The van der Waals surface area contributed by atoms with E-state index >= 15 is 0 Å². The van der Waals surface area contributed by atoms with Gasteiger partial charge in [0.2, 0.25) is 0 Å². The Bertz CT molecular complexity index is 781. The number of carbonyl (C=O) groups excluding carboxylic acids is 1. The summed E-state index contributed by atoms with van der Waals surface area (Å²) in [5.74, 6) is 0.375. The lowest BCUT2D eigenvalue weighted by Gasteiger charge is -2.12. The number of nitrogens with zero attached hydrogens (tertiary/aromatic N) is 3. The SMILES string of the molecule is Cc1cc(Cl)ncc1NC(=O)c1nc(Cl)c(NCCC(C)C)nc1N. The van der Waals surface area contributed by atoms with Crippen LogP contribution in [0.1, 0.15) is 36.3 Å². The van der Waals surface area contributed by atoms with Crippen molar-refractivity contribution in [3.8, 4) is 0 Å². The number of hydrogen-bond donors (Lipinski definition) is 3. The molecule has 0 bridgehead atoms. The molecule has 0 aliphatic carbocycles. The van der Waals surface area contributed by atoms with Crippen molar-refractivity contribution >= 4 is 46.4 Å². The third-order valence-corrected chi connectivity index (χ3v) is 3.91. The van der Waals surface area contributed by atoms with Gasteiger partial charge in [0, 0.05) is 6.54 Å². The quantitative estimate of drug-likeness (QED) is 0.656. The molecule has 4 N–H and O–H groups in total. The molecular formula is C16H20Cl2N6O. The molecule has 0 spiro atoms. The highest BCUT2D eigenvalue weighted by Crippen LogP contribution is 2.23. The van der Waals surface area contributed by atoms with Crippen molar-refractivity contribution in [3.63, 3.8) is 0 Å². The fourth-order valence-electron chi connectivity index (χ4n) is 2.02. The van der Waals surface area contributed by atoms with Crippen LogP contribution < -0.4 is 16.4 Å². The van der Waals surface area contributed by atoms with E-state index < -0.39 is 5.91 Å². The first-order valence-electron chi connectivity index (χ1n) is 7.78. The summed E-state index contributed by atoms with van der Waals surface area (Å²) in [5.41, 5.74) is 7.09. The van der Waals surface area contributed by atoms with Gasteiger partial charge in [-0.1, -0.05) is 37.0 Å². The molecule has 2 aromatic heterocycles. The number of halogens is 2. The van der Waals surface area contributed by atoms with Gasteiger partial charge in [-0.05, 0) is 30.9 Å². The van der Waals surface area contributed by atoms with E-state index in [4.69, 9.17) is 28.9 Å². The second-order valence-electron chi connectivity index (χ2n) is 5.98. The molecule has 25 heavy (non-hydrogen) atoms. The second-order valence-corrected chi connectivity index (χ2v) is 6.73. The Morgan fingerprint density at radius 3 is 2.68 bits per heavy atom. The highest BCUT2D eigenvalue weighted by atomic mass is 35.5. The zero-order valence-corrected chi connectivity index (χ0v) is 15.7. The Balaban J connectivity index is 2.15. The second kappa shape index (κ2) is 8.31. The van der Waals surface area contributed by atoms with Crippen molar-refractivity contribution in [3.05, 3.63) is 33.8 Å². The summed E-state index contributed by atoms with van der Waals surface area (Å²) in [7, 11) is 0. The van der Waals surface area contributed by atoms with E-state index in [0.29, 0.717) is 29.1 Å². The molecule has 0 atom stereocenters. The fourth-order valence-corrected chi connectivity index (χ4v) is 2.43. The Hall–Kier alpha value is -2.12. The minimum atomic E-state index is -0.521. The van der Waals surface area contributed by atoms with Gasteiger partial charge in [-0.3, -0.25) is 4.79 Å². The molecule has 134 valence electrons. The molecule has 9 heteroatoms. The average molecular weight is 383 g/mol. The topological polar surface area (TPSA) is 106 Å². The minimum Gasteiger partial charge on any atom is -0.382 e. The molecule has 2 heterocycles. The number of hydrogen-bond acceptors (Lipinski definition) is 6. The number of carbonyl (C=O) groups is 1.